The largest absolute Gasteiger partial charge is 0.495 e. The maximum atomic E-state index is 11.5. The smallest absolute Gasteiger partial charge is 0.290 e. The van der Waals surface area contributed by atoms with Gasteiger partial charge in [-0.05, 0) is 42.1 Å². The summed E-state index contributed by atoms with van der Waals surface area (Å²) in [6.07, 6.45) is 1.53. The van der Waals surface area contributed by atoms with Crippen molar-refractivity contribution in [3.05, 3.63) is 46.0 Å². The average Bonchev–Trinajstić information content (AvgIpc) is 3.06. The number of hydrogen-bond acceptors (Lipinski definition) is 5. The minimum atomic E-state index is -0.416. The molecule has 0 spiro atoms. The fraction of sp³-hybridized carbons (Fsp3) is 0.0667. The molecule has 2 amide bonds. The lowest BCUT2D eigenvalue weighted by Crippen LogP contribution is -2.17. The second-order valence-electron chi connectivity index (χ2n) is 4.40. The van der Waals surface area contributed by atoms with Crippen molar-refractivity contribution in [1.29, 1.82) is 0 Å². The van der Waals surface area contributed by atoms with E-state index in [2.05, 4.69) is 5.32 Å². The highest BCUT2D eigenvalue weighted by Gasteiger charge is 2.25. The van der Waals surface area contributed by atoms with E-state index in [9.17, 15) is 9.59 Å². The maximum absolute atomic E-state index is 11.5. The summed E-state index contributed by atoms with van der Waals surface area (Å²) in [6, 6.07) is 8.79. The van der Waals surface area contributed by atoms with Gasteiger partial charge in [-0.2, -0.15) is 0 Å². The molecule has 112 valence electrons. The van der Waals surface area contributed by atoms with E-state index in [4.69, 9.17) is 20.8 Å². The van der Waals surface area contributed by atoms with E-state index in [0.29, 0.717) is 27.2 Å². The van der Waals surface area contributed by atoms with Gasteiger partial charge >= 0.3 is 0 Å². The SMILES string of the molecule is COc1ccc(-c2ccc(/C=C3\SC(=O)NC3=O)o2)cc1Cl. The van der Waals surface area contributed by atoms with Crippen LogP contribution < -0.4 is 10.1 Å². The molecule has 5 nitrogen and oxygen atoms in total. The van der Waals surface area contributed by atoms with Gasteiger partial charge in [0, 0.05) is 11.6 Å². The number of imide groups is 1. The van der Waals surface area contributed by atoms with Gasteiger partial charge in [0.2, 0.25) is 0 Å². The van der Waals surface area contributed by atoms with Crippen LogP contribution in [0.3, 0.4) is 0 Å². The molecule has 1 aliphatic rings. The molecule has 2 heterocycles. The van der Waals surface area contributed by atoms with Crippen molar-refractivity contribution in [1.82, 2.24) is 5.32 Å². The van der Waals surface area contributed by atoms with Crippen LogP contribution >= 0.6 is 23.4 Å². The van der Waals surface area contributed by atoms with Crippen LogP contribution in [0, 0.1) is 0 Å². The van der Waals surface area contributed by atoms with Crippen LogP contribution in [0.1, 0.15) is 5.76 Å². The normalized spacial score (nSPS) is 16.2. The molecule has 0 radical (unpaired) electrons. The molecule has 2 aromatic rings. The van der Waals surface area contributed by atoms with E-state index in [1.54, 1.807) is 31.4 Å². The number of ether oxygens (including phenoxy) is 1. The van der Waals surface area contributed by atoms with Crippen molar-refractivity contribution in [3.8, 4) is 17.1 Å². The van der Waals surface area contributed by atoms with E-state index in [-0.39, 0.29) is 5.24 Å². The Hall–Kier alpha value is -2.18. The van der Waals surface area contributed by atoms with E-state index in [0.717, 1.165) is 17.3 Å². The number of thioether (sulfide) groups is 1. The van der Waals surface area contributed by atoms with E-state index < -0.39 is 5.91 Å². The van der Waals surface area contributed by atoms with Crippen LogP contribution in [0.5, 0.6) is 5.75 Å². The summed E-state index contributed by atoms with van der Waals surface area (Å²) in [4.78, 5) is 22.9. The molecule has 1 saturated heterocycles. The molecule has 0 saturated carbocycles. The van der Waals surface area contributed by atoms with Gasteiger partial charge in [-0.1, -0.05) is 11.6 Å². The standard InChI is InChI=1S/C15H10ClNO4S/c1-20-12-4-2-8(6-10(12)16)11-5-3-9(21-11)7-13-14(18)17-15(19)22-13/h2-7H,1H3,(H,17,18,19)/b13-7-. The fourth-order valence-corrected chi connectivity index (χ4v) is 2.88. The Labute approximate surface area is 135 Å². The van der Waals surface area contributed by atoms with Crippen LogP contribution in [0.25, 0.3) is 17.4 Å². The van der Waals surface area contributed by atoms with Crippen LogP contribution in [0.2, 0.25) is 5.02 Å². The fourth-order valence-electron chi connectivity index (χ4n) is 1.96. The molecule has 22 heavy (non-hydrogen) atoms. The highest BCUT2D eigenvalue weighted by atomic mass is 35.5. The predicted octanol–water partition coefficient (Wildman–Crippen LogP) is 3.93. The zero-order valence-electron chi connectivity index (χ0n) is 11.4. The number of hydrogen-bond donors (Lipinski definition) is 1. The second-order valence-corrected chi connectivity index (χ2v) is 5.83. The number of amides is 2. The summed E-state index contributed by atoms with van der Waals surface area (Å²) < 4.78 is 10.8. The van der Waals surface area contributed by atoms with Crippen molar-refractivity contribution in [3.63, 3.8) is 0 Å². The molecule has 1 fully saturated rings. The van der Waals surface area contributed by atoms with Crippen LogP contribution in [0.4, 0.5) is 4.79 Å². The maximum Gasteiger partial charge on any atom is 0.290 e. The first-order valence-electron chi connectivity index (χ1n) is 6.25. The lowest BCUT2D eigenvalue weighted by atomic mass is 10.2. The number of carbonyl (C=O) groups excluding carboxylic acids is 2. The van der Waals surface area contributed by atoms with Crippen molar-refractivity contribution < 1.29 is 18.7 Å². The molecule has 0 bridgehead atoms. The molecule has 1 aromatic heterocycles. The number of nitrogens with one attached hydrogen (secondary N) is 1. The average molecular weight is 336 g/mol. The molecule has 1 aliphatic heterocycles. The molecular weight excluding hydrogens is 326 g/mol. The lowest BCUT2D eigenvalue weighted by molar-refractivity contribution is -0.115. The van der Waals surface area contributed by atoms with Crippen molar-refractivity contribution in [2.45, 2.75) is 0 Å². The van der Waals surface area contributed by atoms with Gasteiger partial charge in [0.05, 0.1) is 17.0 Å². The second kappa shape index (κ2) is 5.90. The quantitative estimate of drug-likeness (QED) is 0.861. The molecule has 0 aliphatic carbocycles. The minimum absolute atomic E-state index is 0.304. The van der Waals surface area contributed by atoms with E-state index in [1.165, 1.54) is 6.08 Å². The van der Waals surface area contributed by atoms with Crippen LogP contribution in [-0.4, -0.2) is 18.3 Å². The molecule has 1 N–H and O–H groups in total. The third-order valence-corrected chi connectivity index (χ3v) is 4.08. The molecular formula is C15H10ClNO4S. The molecule has 3 rings (SSSR count). The van der Waals surface area contributed by atoms with Crippen molar-refractivity contribution in [2.75, 3.05) is 7.11 Å². The summed E-state index contributed by atoms with van der Waals surface area (Å²) in [5.41, 5.74) is 0.787. The monoisotopic (exact) mass is 335 g/mol. The number of benzene rings is 1. The first kappa shape index (κ1) is 14.7. The van der Waals surface area contributed by atoms with Gasteiger partial charge in [-0.15, -0.1) is 0 Å². The summed E-state index contributed by atoms with van der Waals surface area (Å²) in [6.45, 7) is 0. The summed E-state index contributed by atoms with van der Waals surface area (Å²) in [5.74, 6) is 1.25. The van der Waals surface area contributed by atoms with Gasteiger partial charge in [-0.25, -0.2) is 0 Å². The zero-order chi connectivity index (χ0) is 15.7. The van der Waals surface area contributed by atoms with Crippen molar-refractivity contribution in [2.24, 2.45) is 0 Å². The Morgan fingerprint density at radius 1 is 1.27 bits per heavy atom. The van der Waals surface area contributed by atoms with Gasteiger partial charge in [0.25, 0.3) is 11.1 Å². The number of methoxy groups -OCH3 is 1. The third-order valence-electron chi connectivity index (χ3n) is 2.98. The molecule has 7 heteroatoms. The number of rotatable bonds is 3. The zero-order valence-corrected chi connectivity index (χ0v) is 13.0. The molecule has 0 unspecified atom stereocenters. The number of halogens is 1. The van der Waals surface area contributed by atoms with Gasteiger partial charge < -0.3 is 9.15 Å². The summed E-state index contributed by atoms with van der Waals surface area (Å²) >= 11 is 6.93. The van der Waals surface area contributed by atoms with Gasteiger partial charge in [-0.3, -0.25) is 14.9 Å². The molecule has 1 aromatic carbocycles. The van der Waals surface area contributed by atoms with Gasteiger partial charge in [0.15, 0.2) is 0 Å². The van der Waals surface area contributed by atoms with E-state index >= 15 is 0 Å². The number of carbonyl (C=O) groups is 2. The topological polar surface area (TPSA) is 68.5 Å². The van der Waals surface area contributed by atoms with E-state index in [1.807, 2.05) is 6.07 Å². The first-order chi connectivity index (χ1) is 10.6. The third kappa shape index (κ3) is 2.88. The van der Waals surface area contributed by atoms with Crippen molar-refractivity contribution >= 4 is 40.6 Å². The lowest BCUT2D eigenvalue weighted by Gasteiger charge is -2.04. The highest BCUT2D eigenvalue weighted by molar-refractivity contribution is 8.18. The minimum Gasteiger partial charge on any atom is -0.495 e. The predicted molar refractivity (Wildman–Crippen MR) is 84.8 cm³/mol. The van der Waals surface area contributed by atoms with Gasteiger partial charge in [0.1, 0.15) is 17.3 Å². The Morgan fingerprint density at radius 3 is 2.73 bits per heavy atom. The summed E-state index contributed by atoms with van der Waals surface area (Å²) in [7, 11) is 1.55. The number of furan rings is 1. The highest BCUT2D eigenvalue weighted by Crippen LogP contribution is 2.32. The Balaban J connectivity index is 1.88. The Bertz CT molecular complexity index is 797. The Morgan fingerprint density at radius 2 is 2.09 bits per heavy atom. The van der Waals surface area contributed by atoms with Crippen LogP contribution in [-0.2, 0) is 4.79 Å². The Kier molecular flexibility index (Phi) is 3.96. The van der Waals surface area contributed by atoms with Crippen LogP contribution in [0.15, 0.2) is 39.7 Å². The first-order valence-corrected chi connectivity index (χ1v) is 7.45. The molecule has 0 atom stereocenters. The summed E-state index contributed by atoms with van der Waals surface area (Å²) in [5, 5.41) is 2.28.